The van der Waals surface area contributed by atoms with Crippen LogP contribution in [0.1, 0.15) is 11.1 Å². The van der Waals surface area contributed by atoms with Crippen molar-refractivity contribution in [3.63, 3.8) is 0 Å². The Hall–Kier alpha value is -2.94. The van der Waals surface area contributed by atoms with E-state index in [0.29, 0.717) is 21.4 Å². The molecule has 0 saturated heterocycles. The van der Waals surface area contributed by atoms with Gasteiger partial charge in [0.05, 0.1) is 6.54 Å². The third kappa shape index (κ3) is 6.37. The predicted octanol–water partition coefficient (Wildman–Crippen LogP) is 3.63. The minimum Gasteiger partial charge on any atom is -0.489 e. The number of guanidine groups is 1. The smallest absolute Gasteiger partial charge is 0.489 e. The monoisotopic (exact) mass is 401 g/mol. The molecule has 0 heterocycles. The molecule has 6 nitrogen and oxygen atoms in total. The minimum atomic E-state index is -5.19. The summed E-state index contributed by atoms with van der Waals surface area (Å²) in [5, 5.41) is 8.18. The van der Waals surface area contributed by atoms with Gasteiger partial charge in [0.25, 0.3) is 0 Å². The molecule has 2 aromatic rings. The largest absolute Gasteiger partial charge is 0.493 e. The SMILES string of the molecule is N=C(N)N(Cc1ccc(OCc2cccc(Cl)c2)cc1)OC(=O)C(F)(F)F. The Morgan fingerprint density at radius 1 is 1.15 bits per heavy atom. The lowest BCUT2D eigenvalue weighted by Gasteiger charge is -2.21. The van der Waals surface area contributed by atoms with Crippen molar-refractivity contribution in [1.82, 2.24) is 5.06 Å². The first-order valence-electron chi connectivity index (χ1n) is 7.52. The Kier molecular flexibility index (Phi) is 6.51. The van der Waals surface area contributed by atoms with Gasteiger partial charge in [-0.1, -0.05) is 35.9 Å². The highest BCUT2D eigenvalue weighted by Gasteiger charge is 2.43. The Bertz CT molecular complexity index is 813. The molecular weight excluding hydrogens is 387 g/mol. The van der Waals surface area contributed by atoms with Crippen LogP contribution >= 0.6 is 11.6 Å². The van der Waals surface area contributed by atoms with Crippen LogP contribution in [0.2, 0.25) is 5.02 Å². The van der Waals surface area contributed by atoms with Crippen LogP contribution in [0.25, 0.3) is 0 Å². The van der Waals surface area contributed by atoms with Gasteiger partial charge in [-0.3, -0.25) is 5.41 Å². The van der Waals surface area contributed by atoms with Crippen molar-refractivity contribution in [1.29, 1.82) is 5.41 Å². The molecule has 10 heteroatoms. The third-order valence-corrected chi connectivity index (χ3v) is 3.47. The molecule has 2 rings (SSSR count). The molecule has 0 aromatic heterocycles. The highest BCUT2D eigenvalue weighted by atomic mass is 35.5. The van der Waals surface area contributed by atoms with Crippen molar-refractivity contribution in [2.45, 2.75) is 19.3 Å². The summed E-state index contributed by atoms with van der Waals surface area (Å²) in [4.78, 5) is 15.0. The van der Waals surface area contributed by atoms with E-state index >= 15 is 0 Å². The summed E-state index contributed by atoms with van der Waals surface area (Å²) in [6, 6.07) is 13.4. The van der Waals surface area contributed by atoms with Gasteiger partial charge in [0, 0.05) is 5.02 Å². The van der Waals surface area contributed by atoms with Gasteiger partial charge in [-0.25, -0.2) is 4.79 Å². The van der Waals surface area contributed by atoms with Crippen LogP contribution in [-0.4, -0.2) is 23.2 Å². The molecule has 0 radical (unpaired) electrons. The Labute approximate surface area is 157 Å². The lowest BCUT2D eigenvalue weighted by Crippen LogP contribution is -2.41. The summed E-state index contributed by atoms with van der Waals surface area (Å²) in [6.45, 7) is -0.0472. The van der Waals surface area contributed by atoms with Gasteiger partial charge in [0.15, 0.2) is 0 Å². The van der Waals surface area contributed by atoms with Gasteiger partial charge < -0.3 is 15.3 Å². The number of nitrogens with two attached hydrogens (primary N) is 1. The molecule has 0 bridgehead atoms. The van der Waals surface area contributed by atoms with Crippen LogP contribution in [0.15, 0.2) is 48.5 Å². The number of hydroxylamine groups is 2. The van der Waals surface area contributed by atoms with E-state index in [1.807, 2.05) is 6.07 Å². The number of alkyl halides is 3. The van der Waals surface area contributed by atoms with E-state index < -0.39 is 18.1 Å². The fourth-order valence-electron chi connectivity index (χ4n) is 1.97. The van der Waals surface area contributed by atoms with E-state index in [4.69, 9.17) is 27.5 Å². The second kappa shape index (κ2) is 8.63. The molecule has 3 N–H and O–H groups in total. The molecule has 0 saturated carbocycles. The number of nitrogens with one attached hydrogen (secondary N) is 1. The molecule has 144 valence electrons. The van der Waals surface area contributed by atoms with Crippen molar-refractivity contribution in [2.24, 2.45) is 5.73 Å². The number of hydrogen-bond acceptors (Lipinski definition) is 4. The van der Waals surface area contributed by atoms with Crippen molar-refractivity contribution in [3.8, 4) is 5.75 Å². The minimum absolute atomic E-state index is 0.280. The number of carbonyl (C=O) groups is 1. The molecule has 0 spiro atoms. The number of carbonyl (C=O) groups excluding carboxylic acids is 1. The van der Waals surface area contributed by atoms with Crippen LogP contribution in [0.5, 0.6) is 5.75 Å². The Morgan fingerprint density at radius 2 is 1.81 bits per heavy atom. The van der Waals surface area contributed by atoms with Crippen molar-refractivity contribution >= 4 is 23.5 Å². The van der Waals surface area contributed by atoms with E-state index in [2.05, 4.69) is 4.84 Å². The molecule has 27 heavy (non-hydrogen) atoms. The molecule has 0 atom stereocenters. The average Bonchev–Trinajstić information content (AvgIpc) is 2.59. The van der Waals surface area contributed by atoms with Crippen molar-refractivity contribution in [2.75, 3.05) is 0 Å². The van der Waals surface area contributed by atoms with Crippen LogP contribution < -0.4 is 10.5 Å². The van der Waals surface area contributed by atoms with Crippen LogP contribution in [0, 0.1) is 5.41 Å². The Morgan fingerprint density at radius 3 is 2.37 bits per heavy atom. The maximum atomic E-state index is 12.3. The zero-order valence-corrected chi connectivity index (χ0v) is 14.6. The fourth-order valence-corrected chi connectivity index (χ4v) is 2.18. The molecule has 0 amide bonds. The first-order valence-corrected chi connectivity index (χ1v) is 7.90. The van der Waals surface area contributed by atoms with Crippen LogP contribution in [0.3, 0.4) is 0 Å². The first kappa shape index (κ1) is 20.4. The van der Waals surface area contributed by atoms with E-state index in [1.165, 1.54) is 0 Å². The van der Waals surface area contributed by atoms with Gasteiger partial charge in [0.1, 0.15) is 12.4 Å². The summed E-state index contributed by atoms with van der Waals surface area (Å²) in [6.07, 6.45) is -5.19. The maximum absolute atomic E-state index is 12.3. The maximum Gasteiger partial charge on any atom is 0.493 e. The zero-order chi connectivity index (χ0) is 20.0. The van der Waals surface area contributed by atoms with Gasteiger partial charge in [-0.05, 0) is 35.4 Å². The van der Waals surface area contributed by atoms with E-state index in [1.54, 1.807) is 42.5 Å². The molecule has 0 aliphatic carbocycles. The van der Waals surface area contributed by atoms with Crippen LogP contribution in [-0.2, 0) is 22.8 Å². The summed E-state index contributed by atoms with van der Waals surface area (Å²) < 4.78 is 42.4. The Balaban J connectivity index is 1.96. The van der Waals surface area contributed by atoms with E-state index in [9.17, 15) is 18.0 Å². The van der Waals surface area contributed by atoms with Gasteiger partial charge in [-0.2, -0.15) is 18.2 Å². The lowest BCUT2D eigenvalue weighted by molar-refractivity contribution is -0.227. The van der Waals surface area contributed by atoms with Gasteiger partial charge >= 0.3 is 12.1 Å². The summed E-state index contributed by atoms with van der Waals surface area (Å²) in [5.41, 5.74) is 6.48. The molecule has 0 aliphatic rings. The molecular formula is C17H15ClF3N3O3. The number of nitrogens with zero attached hydrogens (tertiary/aromatic N) is 1. The number of halogens is 4. The highest BCUT2D eigenvalue weighted by molar-refractivity contribution is 6.30. The summed E-state index contributed by atoms with van der Waals surface area (Å²) >= 11 is 5.89. The topological polar surface area (TPSA) is 88.6 Å². The fraction of sp³-hybridized carbons (Fsp3) is 0.176. The normalized spacial score (nSPS) is 11.0. The average molecular weight is 402 g/mol. The van der Waals surface area contributed by atoms with Gasteiger partial charge in [-0.15, -0.1) is 0 Å². The lowest BCUT2D eigenvalue weighted by atomic mass is 10.2. The number of benzene rings is 2. The van der Waals surface area contributed by atoms with E-state index in [0.717, 1.165) is 5.56 Å². The standard InChI is InChI=1S/C17H15ClF3N3O3/c18-13-3-1-2-12(8-13)10-26-14-6-4-11(5-7-14)9-24(16(22)23)27-15(25)17(19,20)21/h1-8H,9-10H2,(H3,22,23). The summed E-state index contributed by atoms with van der Waals surface area (Å²) in [7, 11) is 0. The third-order valence-electron chi connectivity index (χ3n) is 3.24. The number of rotatable bonds is 5. The second-order valence-electron chi connectivity index (χ2n) is 5.36. The second-order valence-corrected chi connectivity index (χ2v) is 5.80. The molecule has 0 aliphatic heterocycles. The molecule has 0 unspecified atom stereocenters. The zero-order valence-electron chi connectivity index (χ0n) is 13.8. The number of hydrogen-bond donors (Lipinski definition) is 2. The van der Waals surface area contributed by atoms with Crippen molar-refractivity contribution < 1.29 is 27.5 Å². The van der Waals surface area contributed by atoms with E-state index in [-0.39, 0.29) is 13.2 Å². The molecule has 2 aromatic carbocycles. The van der Waals surface area contributed by atoms with Crippen LogP contribution in [0.4, 0.5) is 13.2 Å². The molecule has 0 fully saturated rings. The van der Waals surface area contributed by atoms with Crippen molar-refractivity contribution in [3.05, 3.63) is 64.7 Å². The quantitative estimate of drug-likeness (QED) is 0.453. The first-order chi connectivity index (χ1) is 12.6. The predicted molar refractivity (Wildman–Crippen MR) is 91.8 cm³/mol. The number of ether oxygens (including phenoxy) is 1. The highest BCUT2D eigenvalue weighted by Crippen LogP contribution is 2.20. The van der Waals surface area contributed by atoms with Gasteiger partial charge in [0.2, 0.25) is 5.96 Å². The summed E-state index contributed by atoms with van der Waals surface area (Å²) in [5.74, 6) is -2.78.